The number of hydrogen-bond donors (Lipinski definition) is 1. The molecule has 1 N–H and O–H groups in total. The minimum absolute atomic E-state index is 0.0730. The molecule has 4 heteroatoms. The molecule has 1 aromatic carbocycles. The molecule has 0 fully saturated rings. The highest BCUT2D eigenvalue weighted by atomic mass is 35.5. The Morgan fingerprint density at radius 1 is 1.33 bits per heavy atom. The number of carbonyl (C=O) groups excluding carboxylic acids is 1. The molecule has 0 bridgehead atoms. The Morgan fingerprint density at radius 2 is 1.94 bits per heavy atom. The van der Waals surface area contributed by atoms with Gasteiger partial charge in [-0.3, -0.25) is 0 Å². The maximum atomic E-state index is 11.9. The third-order valence-corrected chi connectivity index (χ3v) is 3.43. The lowest BCUT2D eigenvalue weighted by Crippen LogP contribution is -2.43. The minimum atomic E-state index is -0.0730. The molecule has 0 saturated carbocycles. The van der Waals surface area contributed by atoms with Gasteiger partial charge in [0.2, 0.25) is 0 Å². The van der Waals surface area contributed by atoms with E-state index in [-0.39, 0.29) is 12.1 Å². The normalized spacial score (nSPS) is 12.3. The quantitative estimate of drug-likeness (QED) is 0.890. The fraction of sp³-hybridized carbons (Fsp3) is 0.500. The lowest BCUT2D eigenvalue weighted by molar-refractivity contribution is 0.200. The van der Waals surface area contributed by atoms with Crippen LogP contribution >= 0.6 is 11.6 Å². The Morgan fingerprint density at radius 3 is 2.50 bits per heavy atom. The average molecular weight is 269 g/mol. The number of amides is 2. The van der Waals surface area contributed by atoms with E-state index in [1.54, 1.807) is 11.9 Å². The molecule has 0 radical (unpaired) electrons. The van der Waals surface area contributed by atoms with Crippen LogP contribution in [0.1, 0.15) is 26.3 Å². The predicted octanol–water partition coefficient (Wildman–Crippen LogP) is 3.53. The summed E-state index contributed by atoms with van der Waals surface area (Å²) in [5.74, 6) is 0.419. The summed E-state index contributed by atoms with van der Waals surface area (Å²) in [5.41, 5.74) is 0.953. The summed E-state index contributed by atoms with van der Waals surface area (Å²) in [7, 11) is 1.77. The van der Waals surface area contributed by atoms with E-state index in [4.69, 9.17) is 11.6 Å². The van der Waals surface area contributed by atoms with Crippen LogP contribution in [0.25, 0.3) is 0 Å². The van der Waals surface area contributed by atoms with Gasteiger partial charge in [-0.15, -0.1) is 0 Å². The number of hydrogen-bond acceptors (Lipinski definition) is 1. The van der Waals surface area contributed by atoms with Crippen molar-refractivity contribution in [2.24, 2.45) is 5.92 Å². The van der Waals surface area contributed by atoms with Crippen molar-refractivity contribution in [3.05, 3.63) is 34.9 Å². The summed E-state index contributed by atoms with van der Waals surface area (Å²) in [6.45, 7) is 6.68. The maximum absolute atomic E-state index is 11.9. The van der Waals surface area contributed by atoms with Crippen LogP contribution in [0.15, 0.2) is 24.3 Å². The Bertz CT molecular complexity index is 407. The molecule has 1 atom stereocenters. The zero-order valence-corrected chi connectivity index (χ0v) is 12.2. The summed E-state index contributed by atoms with van der Waals surface area (Å²) in [5, 5.41) is 3.65. The number of benzene rings is 1. The highest BCUT2D eigenvalue weighted by Gasteiger charge is 2.15. The van der Waals surface area contributed by atoms with Gasteiger partial charge in [0, 0.05) is 24.7 Å². The summed E-state index contributed by atoms with van der Waals surface area (Å²) < 4.78 is 0. The van der Waals surface area contributed by atoms with Crippen LogP contribution in [0.3, 0.4) is 0 Å². The number of nitrogens with one attached hydrogen (secondary N) is 1. The zero-order valence-electron chi connectivity index (χ0n) is 11.4. The van der Waals surface area contributed by atoms with Crippen LogP contribution in [-0.2, 0) is 6.54 Å². The monoisotopic (exact) mass is 268 g/mol. The number of carbonyl (C=O) groups is 1. The number of rotatable bonds is 4. The van der Waals surface area contributed by atoms with Gasteiger partial charge in [0.1, 0.15) is 0 Å². The maximum Gasteiger partial charge on any atom is 0.317 e. The Hall–Kier alpha value is -1.22. The summed E-state index contributed by atoms with van der Waals surface area (Å²) in [6, 6.07) is 7.65. The van der Waals surface area contributed by atoms with E-state index in [1.807, 2.05) is 31.2 Å². The fourth-order valence-corrected chi connectivity index (χ4v) is 1.62. The van der Waals surface area contributed by atoms with Crippen molar-refractivity contribution >= 4 is 17.6 Å². The highest BCUT2D eigenvalue weighted by molar-refractivity contribution is 6.31. The number of urea groups is 1. The van der Waals surface area contributed by atoms with Crippen LogP contribution in [0.2, 0.25) is 5.02 Å². The second kappa shape index (κ2) is 6.64. The number of nitrogens with zero attached hydrogens (tertiary/aromatic N) is 1. The average Bonchev–Trinajstić information content (AvgIpc) is 2.31. The van der Waals surface area contributed by atoms with Crippen molar-refractivity contribution in [1.29, 1.82) is 0 Å². The van der Waals surface area contributed by atoms with Crippen molar-refractivity contribution in [1.82, 2.24) is 10.2 Å². The third kappa shape index (κ3) is 4.22. The molecule has 0 aliphatic carbocycles. The molecular weight excluding hydrogens is 248 g/mol. The predicted molar refractivity (Wildman–Crippen MR) is 75.8 cm³/mol. The van der Waals surface area contributed by atoms with Gasteiger partial charge < -0.3 is 10.2 Å². The van der Waals surface area contributed by atoms with E-state index in [0.717, 1.165) is 5.56 Å². The van der Waals surface area contributed by atoms with Crippen LogP contribution in [0, 0.1) is 5.92 Å². The first-order valence-electron chi connectivity index (χ1n) is 6.17. The zero-order chi connectivity index (χ0) is 13.7. The first-order valence-corrected chi connectivity index (χ1v) is 6.54. The fourth-order valence-electron chi connectivity index (χ4n) is 1.43. The second-order valence-electron chi connectivity index (χ2n) is 4.93. The van der Waals surface area contributed by atoms with Crippen molar-refractivity contribution in [2.75, 3.05) is 7.05 Å². The molecule has 0 aliphatic heterocycles. The molecule has 3 nitrogen and oxygen atoms in total. The Labute approximate surface area is 114 Å². The molecule has 0 aromatic heterocycles. The molecule has 1 aromatic rings. The Kier molecular flexibility index (Phi) is 5.48. The van der Waals surface area contributed by atoms with E-state index in [2.05, 4.69) is 19.2 Å². The van der Waals surface area contributed by atoms with Gasteiger partial charge in [-0.2, -0.15) is 0 Å². The Balaban J connectivity index is 2.58. The molecule has 1 rings (SSSR count). The lowest BCUT2D eigenvalue weighted by atomic mass is 10.1. The van der Waals surface area contributed by atoms with E-state index >= 15 is 0 Å². The summed E-state index contributed by atoms with van der Waals surface area (Å²) >= 11 is 6.07. The molecule has 2 amide bonds. The van der Waals surface area contributed by atoms with Crippen molar-refractivity contribution in [2.45, 2.75) is 33.4 Å². The molecule has 0 heterocycles. The molecular formula is C14H21ClN2O. The summed E-state index contributed by atoms with van der Waals surface area (Å²) in [4.78, 5) is 13.6. The van der Waals surface area contributed by atoms with Gasteiger partial charge in [0.05, 0.1) is 0 Å². The molecule has 0 spiro atoms. The van der Waals surface area contributed by atoms with Crippen LogP contribution in [-0.4, -0.2) is 24.0 Å². The van der Waals surface area contributed by atoms with Crippen molar-refractivity contribution < 1.29 is 4.79 Å². The van der Waals surface area contributed by atoms with Crippen molar-refractivity contribution in [3.8, 4) is 0 Å². The van der Waals surface area contributed by atoms with Gasteiger partial charge in [-0.1, -0.05) is 43.6 Å². The van der Waals surface area contributed by atoms with Crippen LogP contribution in [0.5, 0.6) is 0 Å². The van der Waals surface area contributed by atoms with E-state index in [9.17, 15) is 4.79 Å². The van der Waals surface area contributed by atoms with Gasteiger partial charge in [-0.25, -0.2) is 4.79 Å². The van der Waals surface area contributed by atoms with Crippen molar-refractivity contribution in [3.63, 3.8) is 0 Å². The van der Waals surface area contributed by atoms with E-state index in [1.165, 1.54) is 0 Å². The smallest absolute Gasteiger partial charge is 0.317 e. The SMILES string of the molecule is CC(C)C(C)NC(=O)N(C)Cc1ccccc1Cl. The van der Waals surface area contributed by atoms with E-state index < -0.39 is 0 Å². The second-order valence-corrected chi connectivity index (χ2v) is 5.34. The lowest BCUT2D eigenvalue weighted by Gasteiger charge is -2.23. The summed E-state index contributed by atoms with van der Waals surface area (Å²) in [6.07, 6.45) is 0. The largest absolute Gasteiger partial charge is 0.335 e. The topological polar surface area (TPSA) is 32.3 Å². The van der Waals surface area contributed by atoms with Gasteiger partial charge >= 0.3 is 6.03 Å². The highest BCUT2D eigenvalue weighted by Crippen LogP contribution is 2.16. The van der Waals surface area contributed by atoms with Gasteiger partial charge in [0.15, 0.2) is 0 Å². The molecule has 18 heavy (non-hydrogen) atoms. The third-order valence-electron chi connectivity index (χ3n) is 3.06. The molecule has 100 valence electrons. The first-order chi connectivity index (χ1) is 8.41. The molecule has 0 saturated heterocycles. The van der Waals surface area contributed by atoms with Crippen LogP contribution in [0.4, 0.5) is 4.79 Å². The molecule has 0 aliphatic rings. The standard InChI is InChI=1S/C14H21ClN2O/c1-10(2)11(3)16-14(18)17(4)9-12-7-5-6-8-13(12)15/h5-8,10-11H,9H2,1-4H3,(H,16,18). The van der Waals surface area contributed by atoms with Gasteiger partial charge in [-0.05, 0) is 24.5 Å². The number of halogens is 1. The minimum Gasteiger partial charge on any atom is -0.335 e. The van der Waals surface area contributed by atoms with E-state index in [0.29, 0.717) is 17.5 Å². The molecule has 1 unspecified atom stereocenters. The van der Waals surface area contributed by atoms with Gasteiger partial charge in [0.25, 0.3) is 0 Å². The van der Waals surface area contributed by atoms with Crippen LogP contribution < -0.4 is 5.32 Å². The first kappa shape index (κ1) is 14.8.